The van der Waals surface area contributed by atoms with Gasteiger partial charge in [-0.2, -0.15) is 0 Å². The second-order valence-electron chi connectivity index (χ2n) is 12.2. The maximum Gasteiger partial charge on any atom is 0.265 e. The third kappa shape index (κ3) is 6.17. The third-order valence-corrected chi connectivity index (χ3v) is 9.42. The standard InChI is InChI=1S/C31H36F2N6OS/c1-30(2)18-20-9-11-25(24-6-3-4-17-34-24)35-26-7-5-8-27(37-26)41-38-29(40)22-10-12-23(36-28(22)39(30)19-20)21-13-15-31(32,33)16-14-21/h3-8,10,12,17,20-21,25H,9,11,13-16,18-19H2,1-2H3,(H,35,37)(H,38,40). The van der Waals surface area contributed by atoms with Crippen LogP contribution in [-0.4, -0.2) is 38.9 Å². The van der Waals surface area contributed by atoms with Crippen molar-refractivity contribution in [1.82, 2.24) is 19.7 Å². The number of anilines is 2. The van der Waals surface area contributed by atoms with Crippen molar-refractivity contribution in [2.24, 2.45) is 5.92 Å². The van der Waals surface area contributed by atoms with E-state index in [0.29, 0.717) is 35.2 Å². The lowest BCUT2D eigenvalue weighted by Gasteiger charge is -2.35. The van der Waals surface area contributed by atoms with Gasteiger partial charge in [-0.25, -0.2) is 18.7 Å². The molecule has 2 N–H and O–H groups in total. The molecule has 2 unspecified atom stereocenters. The van der Waals surface area contributed by atoms with Gasteiger partial charge in [-0.1, -0.05) is 12.1 Å². The number of hydrogen-bond acceptors (Lipinski definition) is 7. The van der Waals surface area contributed by atoms with Crippen LogP contribution in [0.1, 0.15) is 92.5 Å². The molecule has 7 nitrogen and oxygen atoms in total. The van der Waals surface area contributed by atoms with Crippen molar-refractivity contribution < 1.29 is 13.6 Å². The van der Waals surface area contributed by atoms with Crippen LogP contribution in [0.3, 0.4) is 0 Å². The fourth-order valence-corrected chi connectivity index (χ4v) is 7.12. The van der Waals surface area contributed by atoms with Crippen LogP contribution in [0.25, 0.3) is 0 Å². The second kappa shape index (κ2) is 11.2. The summed E-state index contributed by atoms with van der Waals surface area (Å²) in [5.74, 6) is -1.13. The molecule has 0 spiro atoms. The first-order valence-electron chi connectivity index (χ1n) is 14.4. The number of nitrogens with one attached hydrogen (secondary N) is 2. The van der Waals surface area contributed by atoms with Gasteiger partial charge in [0, 0.05) is 54.7 Å². The van der Waals surface area contributed by atoms with Crippen LogP contribution in [0.2, 0.25) is 0 Å². The number of fused-ring (bicyclic) bond motifs is 6. The van der Waals surface area contributed by atoms with Crippen molar-refractivity contribution in [1.29, 1.82) is 0 Å². The second-order valence-corrected chi connectivity index (χ2v) is 13.0. The van der Waals surface area contributed by atoms with Gasteiger partial charge >= 0.3 is 0 Å². The molecule has 41 heavy (non-hydrogen) atoms. The van der Waals surface area contributed by atoms with E-state index in [1.54, 1.807) is 0 Å². The van der Waals surface area contributed by atoms with Gasteiger partial charge in [0.2, 0.25) is 5.92 Å². The topological polar surface area (TPSA) is 83.0 Å². The number of amides is 1. The van der Waals surface area contributed by atoms with Crippen LogP contribution in [0, 0.1) is 5.92 Å². The van der Waals surface area contributed by atoms with E-state index in [0.717, 1.165) is 43.0 Å². The molecule has 3 aliphatic rings. The Labute approximate surface area is 244 Å². The predicted molar refractivity (Wildman–Crippen MR) is 157 cm³/mol. The molecule has 4 bridgehead atoms. The summed E-state index contributed by atoms with van der Waals surface area (Å²) in [6, 6.07) is 15.3. The number of carbonyl (C=O) groups excluding carboxylic acids is 1. The molecule has 1 amide bonds. The molecule has 3 aromatic heterocycles. The number of halogens is 2. The van der Waals surface area contributed by atoms with Gasteiger partial charge in [0.15, 0.2) is 0 Å². The smallest absolute Gasteiger partial charge is 0.265 e. The van der Waals surface area contributed by atoms with Gasteiger partial charge in [0.25, 0.3) is 5.91 Å². The molecule has 2 fully saturated rings. The van der Waals surface area contributed by atoms with Gasteiger partial charge in [-0.3, -0.25) is 14.5 Å². The number of aromatic nitrogens is 3. The monoisotopic (exact) mass is 578 g/mol. The van der Waals surface area contributed by atoms with Crippen molar-refractivity contribution in [2.45, 2.75) is 87.2 Å². The Morgan fingerprint density at radius 2 is 1.78 bits per heavy atom. The van der Waals surface area contributed by atoms with Gasteiger partial charge < -0.3 is 10.2 Å². The molecule has 5 heterocycles. The lowest BCUT2D eigenvalue weighted by Crippen LogP contribution is -2.40. The van der Waals surface area contributed by atoms with Crippen molar-refractivity contribution in [3.05, 3.63) is 71.7 Å². The van der Waals surface area contributed by atoms with Crippen molar-refractivity contribution in [3.8, 4) is 0 Å². The molecule has 6 rings (SSSR count). The van der Waals surface area contributed by atoms with E-state index in [2.05, 4.69) is 33.8 Å². The van der Waals surface area contributed by atoms with E-state index in [-0.39, 0.29) is 36.2 Å². The molecule has 2 atom stereocenters. The maximum atomic E-state index is 13.9. The van der Waals surface area contributed by atoms with E-state index < -0.39 is 5.92 Å². The van der Waals surface area contributed by atoms with Crippen LogP contribution in [0.4, 0.5) is 20.4 Å². The Bertz CT molecular complexity index is 1390. The Hall–Kier alpha value is -3.27. The summed E-state index contributed by atoms with van der Waals surface area (Å²) >= 11 is 1.17. The number of carbonyl (C=O) groups is 1. The molecule has 0 radical (unpaired) electrons. The van der Waals surface area contributed by atoms with Gasteiger partial charge in [0.1, 0.15) is 16.7 Å². The van der Waals surface area contributed by atoms with Crippen molar-refractivity contribution in [2.75, 3.05) is 16.8 Å². The summed E-state index contributed by atoms with van der Waals surface area (Å²) in [6.07, 6.45) is 5.15. The molecule has 216 valence electrons. The number of alkyl halides is 2. The highest BCUT2D eigenvalue weighted by atomic mass is 32.2. The quantitative estimate of drug-likeness (QED) is 0.312. The Balaban J connectivity index is 1.36. The highest BCUT2D eigenvalue weighted by Gasteiger charge is 2.42. The molecule has 2 aliphatic heterocycles. The van der Waals surface area contributed by atoms with Crippen LogP contribution in [-0.2, 0) is 0 Å². The summed E-state index contributed by atoms with van der Waals surface area (Å²) in [5.41, 5.74) is 2.03. The number of nitrogens with zero attached hydrogens (tertiary/aromatic N) is 4. The zero-order chi connectivity index (χ0) is 28.6. The summed E-state index contributed by atoms with van der Waals surface area (Å²) in [4.78, 5) is 30.3. The van der Waals surface area contributed by atoms with E-state index in [1.807, 2.05) is 54.7 Å². The molecule has 1 aliphatic carbocycles. The molecular formula is C31H36F2N6OS. The SMILES string of the molecule is CC1(C)CC2CCC(c3ccccn3)Nc3cccc(n3)SNC(=O)c3ccc(C4CCC(F)(F)CC4)nc3N1C2. The van der Waals surface area contributed by atoms with Gasteiger partial charge in [0.05, 0.1) is 17.3 Å². The first-order valence-corrected chi connectivity index (χ1v) is 15.3. The lowest BCUT2D eigenvalue weighted by atomic mass is 9.84. The number of rotatable bonds is 2. The molecule has 3 aromatic rings. The fraction of sp³-hybridized carbons (Fsp3) is 0.484. The lowest BCUT2D eigenvalue weighted by molar-refractivity contribution is -0.0384. The average Bonchev–Trinajstić information content (AvgIpc) is 3.27. The van der Waals surface area contributed by atoms with E-state index >= 15 is 0 Å². The molecule has 1 saturated heterocycles. The third-order valence-electron chi connectivity index (χ3n) is 8.69. The first kappa shape index (κ1) is 27.9. The normalized spacial score (nSPS) is 24.4. The van der Waals surface area contributed by atoms with Crippen molar-refractivity contribution in [3.63, 3.8) is 0 Å². The molecule has 10 heteroatoms. The highest BCUT2D eigenvalue weighted by Crippen LogP contribution is 2.44. The number of hydrogen-bond donors (Lipinski definition) is 2. The van der Waals surface area contributed by atoms with Crippen LogP contribution >= 0.6 is 11.9 Å². The Morgan fingerprint density at radius 3 is 2.56 bits per heavy atom. The Kier molecular flexibility index (Phi) is 7.61. The maximum absolute atomic E-state index is 13.9. The van der Waals surface area contributed by atoms with E-state index in [4.69, 9.17) is 9.97 Å². The van der Waals surface area contributed by atoms with Gasteiger partial charge in [-0.15, -0.1) is 0 Å². The average molecular weight is 579 g/mol. The summed E-state index contributed by atoms with van der Waals surface area (Å²) in [7, 11) is 0. The Morgan fingerprint density at radius 1 is 0.951 bits per heavy atom. The van der Waals surface area contributed by atoms with Crippen molar-refractivity contribution >= 4 is 29.5 Å². The predicted octanol–water partition coefficient (Wildman–Crippen LogP) is 7.15. The molecular weight excluding hydrogens is 542 g/mol. The zero-order valence-electron chi connectivity index (χ0n) is 23.4. The van der Waals surface area contributed by atoms with E-state index in [9.17, 15) is 13.6 Å². The zero-order valence-corrected chi connectivity index (χ0v) is 24.3. The molecule has 0 aromatic carbocycles. The largest absolute Gasteiger partial charge is 0.362 e. The fourth-order valence-electron chi connectivity index (χ4n) is 6.52. The minimum Gasteiger partial charge on any atom is -0.362 e. The minimum atomic E-state index is -2.60. The highest BCUT2D eigenvalue weighted by molar-refractivity contribution is 7.97. The van der Waals surface area contributed by atoms with E-state index in [1.165, 1.54) is 11.9 Å². The first-order chi connectivity index (χ1) is 19.7. The van der Waals surface area contributed by atoms with Crippen LogP contribution in [0.5, 0.6) is 0 Å². The minimum absolute atomic E-state index is 0.0118. The molecule has 1 saturated carbocycles. The summed E-state index contributed by atoms with van der Waals surface area (Å²) in [6.45, 7) is 5.16. The van der Waals surface area contributed by atoms with Gasteiger partial charge in [-0.05, 0) is 88.3 Å². The van der Waals surface area contributed by atoms with Crippen LogP contribution in [0.15, 0.2) is 59.8 Å². The summed E-state index contributed by atoms with van der Waals surface area (Å²) in [5, 5.41) is 4.24. The van der Waals surface area contributed by atoms with Crippen LogP contribution < -0.4 is 14.9 Å². The number of pyridine rings is 3. The summed E-state index contributed by atoms with van der Waals surface area (Å²) < 4.78 is 30.8.